The third kappa shape index (κ3) is 2.91. The molecule has 28 heavy (non-hydrogen) atoms. The van der Waals surface area contributed by atoms with E-state index in [1.807, 2.05) is 0 Å². The van der Waals surface area contributed by atoms with E-state index < -0.39 is 0 Å². The first-order valence-electron chi connectivity index (χ1n) is 9.98. The van der Waals surface area contributed by atoms with E-state index in [1.54, 1.807) is 0 Å². The van der Waals surface area contributed by atoms with Crippen LogP contribution in [0.15, 0.2) is 65.1 Å². The molecule has 2 heteroatoms. The summed E-state index contributed by atoms with van der Waals surface area (Å²) in [6.45, 7) is 4.25. The molecule has 0 aromatic heterocycles. The second-order valence-corrected chi connectivity index (χ2v) is 8.68. The third-order valence-electron chi connectivity index (χ3n) is 5.98. The summed E-state index contributed by atoms with van der Waals surface area (Å²) in [4.78, 5) is 0. The number of aryl methyl sites for hydroxylation is 3. The highest BCUT2D eigenvalue weighted by Crippen LogP contribution is 2.40. The maximum absolute atomic E-state index is 6.60. The van der Waals surface area contributed by atoms with E-state index in [2.05, 4.69) is 90.4 Å². The van der Waals surface area contributed by atoms with Crippen LogP contribution in [0.2, 0.25) is 0 Å². The SMILES string of the molecule is Cc1cc(OC2CCCc3ccc4c(ccc5ccccc54)c32)cc(C)c1Br. The Morgan fingerprint density at radius 2 is 1.61 bits per heavy atom. The van der Waals surface area contributed by atoms with Gasteiger partial charge in [-0.25, -0.2) is 0 Å². The van der Waals surface area contributed by atoms with Crippen molar-refractivity contribution in [3.63, 3.8) is 0 Å². The van der Waals surface area contributed by atoms with Crippen molar-refractivity contribution < 1.29 is 4.74 Å². The highest BCUT2D eigenvalue weighted by molar-refractivity contribution is 9.10. The number of fused-ring (bicyclic) bond motifs is 5. The van der Waals surface area contributed by atoms with Crippen molar-refractivity contribution in [2.45, 2.75) is 39.2 Å². The maximum atomic E-state index is 6.60. The molecule has 1 atom stereocenters. The highest BCUT2D eigenvalue weighted by Gasteiger charge is 2.25. The third-order valence-corrected chi connectivity index (χ3v) is 7.23. The van der Waals surface area contributed by atoms with E-state index >= 15 is 0 Å². The quantitative estimate of drug-likeness (QED) is 0.294. The van der Waals surface area contributed by atoms with Crippen LogP contribution in [0, 0.1) is 13.8 Å². The first-order chi connectivity index (χ1) is 13.6. The minimum absolute atomic E-state index is 0.105. The van der Waals surface area contributed by atoms with Crippen LogP contribution in [0.3, 0.4) is 0 Å². The van der Waals surface area contributed by atoms with Crippen molar-refractivity contribution >= 4 is 37.5 Å². The molecule has 1 aliphatic rings. The van der Waals surface area contributed by atoms with Crippen LogP contribution in [0.4, 0.5) is 0 Å². The molecule has 4 aromatic rings. The van der Waals surface area contributed by atoms with Gasteiger partial charge in [-0.1, -0.05) is 64.5 Å². The molecule has 1 nitrogen and oxygen atoms in total. The van der Waals surface area contributed by atoms with Gasteiger partial charge < -0.3 is 4.74 Å². The van der Waals surface area contributed by atoms with Crippen LogP contribution in [-0.4, -0.2) is 0 Å². The lowest BCUT2D eigenvalue weighted by Crippen LogP contribution is -2.16. The van der Waals surface area contributed by atoms with Crippen molar-refractivity contribution in [3.05, 3.63) is 87.4 Å². The Morgan fingerprint density at radius 1 is 0.857 bits per heavy atom. The van der Waals surface area contributed by atoms with Crippen molar-refractivity contribution in [1.29, 1.82) is 0 Å². The molecule has 0 aliphatic heterocycles. The number of ether oxygens (including phenoxy) is 1. The first-order valence-corrected chi connectivity index (χ1v) is 10.8. The standard InChI is InChI=1S/C26H23BrO/c1-16-14-20(15-17(2)26(16)27)28-24-9-5-7-19-11-12-22-21-8-4-3-6-18(21)10-13-23(22)25(19)24/h3-4,6,8,10-15,24H,5,7,9H2,1-2H3. The molecule has 0 saturated carbocycles. The molecule has 0 amide bonds. The van der Waals surface area contributed by atoms with E-state index in [9.17, 15) is 0 Å². The van der Waals surface area contributed by atoms with Crippen molar-refractivity contribution in [3.8, 4) is 5.75 Å². The zero-order valence-electron chi connectivity index (χ0n) is 16.3. The summed E-state index contributed by atoms with van der Waals surface area (Å²) >= 11 is 3.66. The predicted octanol–water partition coefficient (Wildman–Crippen LogP) is 7.83. The van der Waals surface area contributed by atoms with Gasteiger partial charge in [-0.15, -0.1) is 0 Å². The summed E-state index contributed by atoms with van der Waals surface area (Å²) in [5, 5.41) is 5.28. The first kappa shape index (κ1) is 17.8. The van der Waals surface area contributed by atoms with Gasteiger partial charge in [0.1, 0.15) is 11.9 Å². The Balaban J connectivity index is 1.66. The Bertz CT molecular complexity index is 1180. The average molecular weight is 431 g/mol. The van der Waals surface area contributed by atoms with Crippen LogP contribution in [-0.2, 0) is 6.42 Å². The van der Waals surface area contributed by atoms with Gasteiger partial charge in [0.05, 0.1) is 0 Å². The number of hydrogen-bond acceptors (Lipinski definition) is 1. The second-order valence-electron chi connectivity index (χ2n) is 7.89. The summed E-state index contributed by atoms with van der Waals surface area (Å²) in [6.07, 6.45) is 3.47. The van der Waals surface area contributed by atoms with E-state index in [-0.39, 0.29) is 6.10 Å². The molecule has 0 radical (unpaired) electrons. The summed E-state index contributed by atoms with van der Waals surface area (Å²) in [5.41, 5.74) is 5.25. The normalized spacial score (nSPS) is 16.3. The lowest BCUT2D eigenvalue weighted by atomic mass is 9.84. The van der Waals surface area contributed by atoms with Gasteiger partial charge in [0.25, 0.3) is 0 Å². The molecular formula is C26H23BrO. The molecule has 0 fully saturated rings. The van der Waals surface area contributed by atoms with E-state index in [1.165, 1.54) is 54.7 Å². The summed E-state index contributed by atoms with van der Waals surface area (Å²) in [6, 6.07) is 22.1. The van der Waals surface area contributed by atoms with Crippen molar-refractivity contribution in [2.75, 3.05) is 0 Å². The topological polar surface area (TPSA) is 9.23 Å². The Kier molecular flexibility index (Phi) is 4.40. The van der Waals surface area contributed by atoms with Gasteiger partial charge in [-0.2, -0.15) is 0 Å². The predicted molar refractivity (Wildman–Crippen MR) is 121 cm³/mol. The molecule has 140 valence electrons. The van der Waals surface area contributed by atoms with Gasteiger partial charge in [0.2, 0.25) is 0 Å². The van der Waals surface area contributed by atoms with Crippen molar-refractivity contribution in [2.24, 2.45) is 0 Å². The van der Waals surface area contributed by atoms with Gasteiger partial charge >= 0.3 is 0 Å². The maximum Gasteiger partial charge on any atom is 0.125 e. The van der Waals surface area contributed by atoms with Crippen LogP contribution >= 0.6 is 15.9 Å². The minimum atomic E-state index is 0.105. The molecule has 0 bridgehead atoms. The second kappa shape index (κ2) is 6.93. The molecule has 4 aromatic carbocycles. The largest absolute Gasteiger partial charge is 0.486 e. The average Bonchev–Trinajstić information content (AvgIpc) is 2.71. The summed E-state index contributed by atoms with van der Waals surface area (Å²) < 4.78 is 7.77. The molecule has 5 rings (SSSR count). The van der Waals surface area contributed by atoms with Gasteiger partial charge in [-0.3, -0.25) is 0 Å². The fourth-order valence-electron chi connectivity index (χ4n) is 4.63. The zero-order chi connectivity index (χ0) is 19.3. The Hall–Kier alpha value is -2.32. The molecule has 1 aliphatic carbocycles. The molecule has 0 saturated heterocycles. The van der Waals surface area contributed by atoms with Crippen molar-refractivity contribution in [1.82, 2.24) is 0 Å². The smallest absolute Gasteiger partial charge is 0.125 e. The fraction of sp³-hybridized carbons (Fsp3) is 0.231. The number of halogens is 1. The Morgan fingerprint density at radius 3 is 2.43 bits per heavy atom. The Labute approximate surface area is 174 Å². The van der Waals surface area contributed by atoms with E-state index in [4.69, 9.17) is 4.74 Å². The molecule has 0 heterocycles. The summed E-state index contributed by atoms with van der Waals surface area (Å²) in [7, 11) is 0. The molecule has 0 spiro atoms. The lowest BCUT2D eigenvalue weighted by molar-refractivity contribution is 0.185. The van der Waals surface area contributed by atoms with Gasteiger partial charge in [0.15, 0.2) is 0 Å². The van der Waals surface area contributed by atoms with Crippen LogP contribution in [0.5, 0.6) is 5.75 Å². The highest BCUT2D eigenvalue weighted by atomic mass is 79.9. The molecule has 0 N–H and O–H groups in total. The van der Waals surface area contributed by atoms with Crippen LogP contribution < -0.4 is 4.74 Å². The monoisotopic (exact) mass is 430 g/mol. The van der Waals surface area contributed by atoms with Crippen LogP contribution in [0.25, 0.3) is 21.5 Å². The fourth-order valence-corrected chi connectivity index (χ4v) is 4.86. The number of benzene rings is 4. The summed E-state index contributed by atoms with van der Waals surface area (Å²) in [5.74, 6) is 0.967. The van der Waals surface area contributed by atoms with Crippen LogP contribution in [0.1, 0.15) is 41.2 Å². The van der Waals surface area contributed by atoms with Gasteiger partial charge in [0, 0.05) is 10.0 Å². The van der Waals surface area contributed by atoms with Gasteiger partial charge in [-0.05, 0) is 83.5 Å². The van der Waals surface area contributed by atoms with E-state index in [0.29, 0.717) is 0 Å². The number of rotatable bonds is 2. The zero-order valence-corrected chi connectivity index (χ0v) is 17.8. The molecular weight excluding hydrogens is 408 g/mol. The minimum Gasteiger partial charge on any atom is -0.486 e. The molecule has 1 unspecified atom stereocenters. The number of hydrogen-bond donors (Lipinski definition) is 0. The lowest BCUT2D eigenvalue weighted by Gasteiger charge is -2.28. The van der Waals surface area contributed by atoms with E-state index in [0.717, 1.165) is 18.6 Å².